The number of hydrogen-bond donors (Lipinski definition) is 2. The molecule has 0 aliphatic carbocycles. The van der Waals surface area contributed by atoms with Crippen molar-refractivity contribution in [3.63, 3.8) is 0 Å². The Morgan fingerprint density at radius 3 is 2.73 bits per heavy atom. The Labute approximate surface area is 237 Å². The standard InChI is InChI=1S/C27H19Cl2FN6O4/c1-39-21-9-14(28)8-19(29)22(21)23-17-4-2-3-5-20(17)34-26(38)24(35-23)36-25(37)18-10-15(30)11-33-27(18)40-13-16-12-31-6-7-32-16/h2-12,24H,13H2,1H3,(H,34,38)(H,36,37). The average Bonchev–Trinajstić information content (AvgIpc) is 3.08. The van der Waals surface area contributed by atoms with E-state index in [9.17, 15) is 14.0 Å². The molecule has 2 aromatic carbocycles. The SMILES string of the molecule is COc1cc(Cl)cc(Cl)c1C1=NC(NC(=O)c2cc(F)cnc2OCc2cnccn2)C(=O)Nc2ccccc21. The number of benzodiazepines with no additional fused rings is 1. The molecule has 1 atom stereocenters. The van der Waals surface area contributed by atoms with Crippen molar-refractivity contribution in [2.24, 2.45) is 4.99 Å². The van der Waals surface area contributed by atoms with Crippen molar-refractivity contribution in [3.05, 3.63) is 105 Å². The lowest BCUT2D eigenvalue weighted by atomic mass is 9.99. The largest absolute Gasteiger partial charge is 0.496 e. The Kier molecular flexibility index (Phi) is 7.85. The van der Waals surface area contributed by atoms with Gasteiger partial charge in [0.2, 0.25) is 12.0 Å². The van der Waals surface area contributed by atoms with E-state index in [0.29, 0.717) is 33.3 Å². The van der Waals surface area contributed by atoms with E-state index in [0.717, 1.165) is 12.3 Å². The quantitative estimate of drug-likeness (QED) is 0.330. The molecule has 3 heterocycles. The van der Waals surface area contributed by atoms with Gasteiger partial charge in [0.1, 0.15) is 23.7 Å². The van der Waals surface area contributed by atoms with E-state index < -0.39 is 23.8 Å². The van der Waals surface area contributed by atoms with Crippen LogP contribution < -0.4 is 20.1 Å². The van der Waals surface area contributed by atoms with Gasteiger partial charge in [-0.1, -0.05) is 41.4 Å². The molecule has 0 spiro atoms. The molecule has 202 valence electrons. The Morgan fingerprint density at radius 2 is 1.95 bits per heavy atom. The van der Waals surface area contributed by atoms with E-state index in [1.807, 2.05) is 0 Å². The van der Waals surface area contributed by atoms with E-state index in [4.69, 9.17) is 32.7 Å². The number of para-hydroxylation sites is 1. The van der Waals surface area contributed by atoms with Crippen LogP contribution in [0.4, 0.5) is 10.1 Å². The van der Waals surface area contributed by atoms with Crippen molar-refractivity contribution in [3.8, 4) is 11.6 Å². The van der Waals surface area contributed by atoms with Gasteiger partial charge in [0.05, 0.1) is 47.2 Å². The van der Waals surface area contributed by atoms with Gasteiger partial charge in [0.15, 0.2) is 0 Å². The third-order valence-electron chi connectivity index (χ3n) is 5.73. The molecule has 1 unspecified atom stereocenters. The molecular formula is C27H19Cl2FN6O4. The van der Waals surface area contributed by atoms with Gasteiger partial charge in [0, 0.05) is 23.0 Å². The van der Waals surface area contributed by atoms with Gasteiger partial charge in [0.25, 0.3) is 11.8 Å². The molecular weight excluding hydrogens is 562 g/mol. The van der Waals surface area contributed by atoms with E-state index in [1.54, 1.807) is 30.3 Å². The minimum atomic E-state index is -1.46. The summed E-state index contributed by atoms with van der Waals surface area (Å²) in [5, 5.41) is 5.83. The molecule has 2 aromatic heterocycles. The zero-order valence-corrected chi connectivity index (χ0v) is 22.2. The average molecular weight is 581 g/mol. The highest BCUT2D eigenvalue weighted by atomic mass is 35.5. The van der Waals surface area contributed by atoms with Crippen LogP contribution in [0.3, 0.4) is 0 Å². The lowest BCUT2D eigenvalue weighted by Crippen LogP contribution is -2.42. The summed E-state index contributed by atoms with van der Waals surface area (Å²) < 4.78 is 25.3. The van der Waals surface area contributed by atoms with Gasteiger partial charge in [-0.05, 0) is 24.3 Å². The molecule has 1 aliphatic heterocycles. The van der Waals surface area contributed by atoms with Gasteiger partial charge in [-0.15, -0.1) is 0 Å². The van der Waals surface area contributed by atoms with Gasteiger partial charge in [-0.25, -0.2) is 14.4 Å². The smallest absolute Gasteiger partial charge is 0.269 e. The zero-order chi connectivity index (χ0) is 28.2. The highest BCUT2D eigenvalue weighted by Gasteiger charge is 2.30. The molecule has 4 aromatic rings. The molecule has 0 fully saturated rings. The molecule has 2 amide bonds. The van der Waals surface area contributed by atoms with Crippen molar-refractivity contribution in [1.29, 1.82) is 0 Å². The van der Waals surface area contributed by atoms with Crippen LogP contribution in [-0.4, -0.2) is 45.8 Å². The van der Waals surface area contributed by atoms with Crippen molar-refractivity contribution in [2.45, 2.75) is 12.8 Å². The van der Waals surface area contributed by atoms with E-state index in [1.165, 1.54) is 31.8 Å². The summed E-state index contributed by atoms with van der Waals surface area (Å²) in [6, 6.07) is 10.9. The second-order valence-corrected chi connectivity index (χ2v) is 9.19. The first kappa shape index (κ1) is 27.0. The number of benzene rings is 2. The number of aromatic nitrogens is 3. The molecule has 0 radical (unpaired) electrons. The minimum Gasteiger partial charge on any atom is -0.496 e. The number of carbonyl (C=O) groups excluding carboxylic acids is 2. The van der Waals surface area contributed by atoms with Gasteiger partial charge < -0.3 is 20.1 Å². The molecule has 40 heavy (non-hydrogen) atoms. The summed E-state index contributed by atoms with van der Waals surface area (Å²) in [7, 11) is 1.44. The van der Waals surface area contributed by atoms with Crippen LogP contribution in [0.1, 0.15) is 27.2 Å². The van der Waals surface area contributed by atoms with Crippen LogP contribution in [0.15, 0.2) is 72.2 Å². The Balaban J connectivity index is 1.52. The van der Waals surface area contributed by atoms with Crippen molar-refractivity contribution in [1.82, 2.24) is 20.3 Å². The van der Waals surface area contributed by atoms with Gasteiger partial charge in [-0.2, -0.15) is 0 Å². The van der Waals surface area contributed by atoms with Crippen LogP contribution in [0.2, 0.25) is 10.0 Å². The molecule has 0 saturated heterocycles. The number of aliphatic imine (C=N–C) groups is 1. The maximum Gasteiger partial charge on any atom is 0.269 e. The maximum absolute atomic E-state index is 14.1. The molecule has 1 aliphatic rings. The molecule has 0 saturated carbocycles. The summed E-state index contributed by atoms with van der Waals surface area (Å²) in [5.74, 6) is -2.15. The number of carbonyl (C=O) groups is 2. The first-order valence-electron chi connectivity index (χ1n) is 11.7. The van der Waals surface area contributed by atoms with Crippen LogP contribution in [0.25, 0.3) is 0 Å². The van der Waals surface area contributed by atoms with Crippen molar-refractivity contribution in [2.75, 3.05) is 12.4 Å². The third kappa shape index (κ3) is 5.70. The summed E-state index contributed by atoms with van der Waals surface area (Å²) in [4.78, 5) is 43.1. The Bertz CT molecular complexity index is 1640. The number of halogens is 3. The highest BCUT2D eigenvalue weighted by Crippen LogP contribution is 2.35. The molecule has 13 heteroatoms. The molecule has 5 rings (SSSR count). The zero-order valence-electron chi connectivity index (χ0n) is 20.7. The molecule has 0 bridgehead atoms. The fraction of sp³-hybridized carbons (Fsp3) is 0.111. The van der Waals surface area contributed by atoms with E-state index >= 15 is 0 Å². The lowest BCUT2D eigenvalue weighted by Gasteiger charge is -2.16. The first-order chi connectivity index (χ1) is 19.3. The monoisotopic (exact) mass is 580 g/mol. The number of ether oxygens (including phenoxy) is 2. The minimum absolute atomic E-state index is 0.0802. The summed E-state index contributed by atoms with van der Waals surface area (Å²) in [6.07, 6.45) is 3.90. The van der Waals surface area contributed by atoms with Crippen molar-refractivity contribution < 1.29 is 23.5 Å². The number of nitrogens with zero attached hydrogens (tertiary/aromatic N) is 4. The number of amides is 2. The predicted molar refractivity (Wildman–Crippen MR) is 146 cm³/mol. The Hall–Kier alpha value is -4.61. The Morgan fingerprint density at radius 1 is 1.12 bits per heavy atom. The number of rotatable bonds is 7. The van der Waals surface area contributed by atoms with E-state index in [-0.39, 0.29) is 28.8 Å². The lowest BCUT2D eigenvalue weighted by molar-refractivity contribution is -0.117. The number of methoxy groups -OCH3 is 1. The van der Waals surface area contributed by atoms with Crippen LogP contribution in [0, 0.1) is 5.82 Å². The highest BCUT2D eigenvalue weighted by molar-refractivity contribution is 6.39. The number of pyridine rings is 1. The summed E-state index contributed by atoms with van der Waals surface area (Å²) in [6.45, 7) is -0.0802. The number of hydrogen-bond acceptors (Lipinski definition) is 8. The third-order valence-corrected chi connectivity index (χ3v) is 6.24. The number of fused-ring (bicyclic) bond motifs is 1. The second kappa shape index (κ2) is 11.6. The van der Waals surface area contributed by atoms with Crippen LogP contribution in [0.5, 0.6) is 11.6 Å². The van der Waals surface area contributed by atoms with Gasteiger partial charge >= 0.3 is 0 Å². The summed E-state index contributed by atoms with van der Waals surface area (Å²) in [5.41, 5.74) is 1.78. The normalized spacial score (nSPS) is 14.3. The van der Waals surface area contributed by atoms with E-state index in [2.05, 4.69) is 30.6 Å². The first-order valence-corrected chi connectivity index (χ1v) is 12.4. The maximum atomic E-state index is 14.1. The van der Waals surface area contributed by atoms with Crippen molar-refractivity contribution >= 4 is 46.4 Å². The fourth-order valence-electron chi connectivity index (χ4n) is 3.95. The number of nitrogens with one attached hydrogen (secondary N) is 2. The summed E-state index contributed by atoms with van der Waals surface area (Å²) >= 11 is 12.7. The second-order valence-electron chi connectivity index (χ2n) is 8.35. The topological polar surface area (TPSA) is 128 Å². The number of anilines is 1. The predicted octanol–water partition coefficient (Wildman–Crippen LogP) is 4.45. The van der Waals surface area contributed by atoms with Crippen LogP contribution in [-0.2, 0) is 11.4 Å². The van der Waals surface area contributed by atoms with Gasteiger partial charge in [-0.3, -0.25) is 19.6 Å². The molecule has 2 N–H and O–H groups in total. The molecule has 10 nitrogen and oxygen atoms in total. The van der Waals surface area contributed by atoms with Crippen LogP contribution >= 0.6 is 23.2 Å². The fourth-order valence-corrected chi connectivity index (χ4v) is 4.51.